The zero-order chi connectivity index (χ0) is 24.5. The molecular formula is C26H19ClF2N4O2. The summed E-state index contributed by atoms with van der Waals surface area (Å²) in [6, 6.07) is 18.1. The first-order valence-electron chi connectivity index (χ1n) is 10.8. The van der Waals surface area contributed by atoms with Crippen molar-refractivity contribution in [3.8, 4) is 11.4 Å². The lowest BCUT2D eigenvalue weighted by Gasteiger charge is -2.35. The van der Waals surface area contributed by atoms with E-state index in [1.807, 2.05) is 0 Å². The minimum atomic E-state index is -0.627. The Morgan fingerprint density at radius 1 is 1.06 bits per heavy atom. The molecule has 0 fully saturated rings. The van der Waals surface area contributed by atoms with Gasteiger partial charge in [-0.15, -0.1) is 0 Å². The van der Waals surface area contributed by atoms with Crippen LogP contribution in [0.25, 0.3) is 17.0 Å². The molecule has 0 bridgehead atoms. The molecule has 3 aromatic carbocycles. The maximum absolute atomic E-state index is 14.4. The molecule has 6 nitrogen and oxygen atoms in total. The number of allylic oxidation sites excluding steroid dienone is 1. The fourth-order valence-corrected chi connectivity index (χ4v) is 4.15. The molecule has 2 heterocycles. The van der Waals surface area contributed by atoms with Crippen molar-refractivity contribution in [2.75, 3.05) is 0 Å². The van der Waals surface area contributed by atoms with Crippen molar-refractivity contribution in [2.45, 2.75) is 19.5 Å². The van der Waals surface area contributed by atoms with Crippen LogP contribution in [0.2, 0.25) is 5.02 Å². The maximum atomic E-state index is 14.4. The second kappa shape index (κ2) is 9.31. The van der Waals surface area contributed by atoms with Crippen molar-refractivity contribution in [2.24, 2.45) is 0 Å². The number of rotatable bonds is 5. The van der Waals surface area contributed by atoms with E-state index >= 15 is 0 Å². The van der Waals surface area contributed by atoms with E-state index in [1.165, 1.54) is 23.1 Å². The van der Waals surface area contributed by atoms with Crippen LogP contribution in [-0.2, 0) is 6.54 Å². The molecule has 1 aliphatic rings. The summed E-state index contributed by atoms with van der Waals surface area (Å²) in [5, 5.41) is 7.52. The Hall–Kier alpha value is -4.04. The second-order valence-electron chi connectivity index (χ2n) is 8.04. The van der Waals surface area contributed by atoms with Crippen LogP contribution >= 0.6 is 11.6 Å². The zero-order valence-electron chi connectivity index (χ0n) is 18.5. The van der Waals surface area contributed by atoms with Crippen LogP contribution in [0, 0.1) is 11.6 Å². The number of aromatic nitrogens is 2. The van der Waals surface area contributed by atoms with Gasteiger partial charge < -0.3 is 9.84 Å². The Labute approximate surface area is 204 Å². The van der Waals surface area contributed by atoms with Crippen molar-refractivity contribution in [3.05, 3.63) is 112 Å². The average Bonchev–Trinajstić information content (AvgIpc) is 3.33. The first-order chi connectivity index (χ1) is 16.9. The van der Waals surface area contributed by atoms with E-state index in [2.05, 4.69) is 15.5 Å². The number of hydrogen-bond acceptors (Lipinski definition) is 4. The number of amides is 2. The average molecular weight is 493 g/mol. The summed E-state index contributed by atoms with van der Waals surface area (Å²) >= 11 is 6.06. The minimum Gasteiger partial charge on any atom is -0.334 e. The van der Waals surface area contributed by atoms with Crippen molar-refractivity contribution in [3.63, 3.8) is 0 Å². The summed E-state index contributed by atoms with van der Waals surface area (Å²) in [6.45, 7) is 1.75. The lowest BCUT2D eigenvalue weighted by Crippen LogP contribution is -2.45. The smallest absolute Gasteiger partial charge is 0.322 e. The van der Waals surface area contributed by atoms with Gasteiger partial charge >= 0.3 is 6.03 Å². The molecule has 1 N–H and O–H groups in total. The van der Waals surface area contributed by atoms with Gasteiger partial charge in [0.2, 0.25) is 5.82 Å². The Morgan fingerprint density at radius 3 is 2.57 bits per heavy atom. The molecule has 0 saturated heterocycles. The van der Waals surface area contributed by atoms with Crippen LogP contribution < -0.4 is 5.32 Å². The number of nitrogens with zero attached hydrogens (tertiary/aromatic N) is 3. The third kappa shape index (κ3) is 4.52. The van der Waals surface area contributed by atoms with Gasteiger partial charge in [-0.3, -0.25) is 4.90 Å². The van der Waals surface area contributed by atoms with E-state index in [9.17, 15) is 13.6 Å². The molecule has 0 aliphatic carbocycles. The van der Waals surface area contributed by atoms with E-state index in [1.54, 1.807) is 61.5 Å². The third-order valence-electron chi connectivity index (χ3n) is 5.83. The molecule has 0 radical (unpaired) electrons. The van der Waals surface area contributed by atoms with Crippen LogP contribution in [-0.4, -0.2) is 21.1 Å². The molecule has 4 aromatic rings. The van der Waals surface area contributed by atoms with Crippen LogP contribution in [0.3, 0.4) is 0 Å². The lowest BCUT2D eigenvalue weighted by atomic mass is 9.94. The highest BCUT2D eigenvalue weighted by Gasteiger charge is 2.36. The minimum absolute atomic E-state index is 0.00602. The first-order valence-corrected chi connectivity index (χ1v) is 11.2. The van der Waals surface area contributed by atoms with Crippen molar-refractivity contribution >= 4 is 23.2 Å². The van der Waals surface area contributed by atoms with Crippen LogP contribution in [0.4, 0.5) is 13.6 Å². The standard InChI is InChI=1S/C26H19ClF2N4O2/c1-15-22(25-31-24(32-35-25)17-6-4-7-20(28)13-17)23(16-9-11-19(27)12-10-16)30-26(34)33(15)14-18-5-2-3-8-21(18)29/h2-13,23H,14H2,1H3,(H,30,34). The summed E-state index contributed by atoms with van der Waals surface area (Å²) in [7, 11) is 0. The lowest BCUT2D eigenvalue weighted by molar-refractivity contribution is 0.202. The van der Waals surface area contributed by atoms with E-state index in [4.69, 9.17) is 16.1 Å². The molecule has 1 atom stereocenters. The molecule has 0 spiro atoms. The monoisotopic (exact) mass is 492 g/mol. The van der Waals surface area contributed by atoms with Gasteiger partial charge in [-0.1, -0.05) is 59.2 Å². The summed E-state index contributed by atoms with van der Waals surface area (Å²) in [5.74, 6) is -0.489. The fraction of sp³-hybridized carbons (Fsp3) is 0.115. The summed E-state index contributed by atoms with van der Waals surface area (Å²) in [6.07, 6.45) is 0. The van der Waals surface area contributed by atoms with Crippen LogP contribution in [0.15, 0.2) is 83.0 Å². The SMILES string of the molecule is CC1=C(c2nc(-c3cccc(F)c3)no2)C(c2ccc(Cl)cc2)NC(=O)N1Cc1ccccc1F. The number of benzene rings is 3. The summed E-state index contributed by atoms with van der Waals surface area (Å²) in [5.41, 5.74) is 2.61. The Kier molecular flexibility index (Phi) is 6.05. The van der Waals surface area contributed by atoms with Gasteiger partial charge in [0.05, 0.1) is 18.2 Å². The number of carbonyl (C=O) groups is 1. The first kappa shape index (κ1) is 22.7. The van der Waals surface area contributed by atoms with Gasteiger partial charge in [-0.2, -0.15) is 4.98 Å². The van der Waals surface area contributed by atoms with E-state index < -0.39 is 23.7 Å². The van der Waals surface area contributed by atoms with Crippen molar-refractivity contribution in [1.29, 1.82) is 0 Å². The van der Waals surface area contributed by atoms with Crippen LogP contribution in [0.1, 0.15) is 30.0 Å². The summed E-state index contributed by atoms with van der Waals surface area (Å²) in [4.78, 5) is 19.1. The molecule has 9 heteroatoms. The van der Waals surface area contributed by atoms with Crippen molar-refractivity contribution in [1.82, 2.24) is 20.4 Å². The highest BCUT2D eigenvalue weighted by atomic mass is 35.5. The molecule has 5 rings (SSSR count). The fourth-order valence-electron chi connectivity index (χ4n) is 4.03. The predicted molar refractivity (Wildman–Crippen MR) is 127 cm³/mol. The molecular weight excluding hydrogens is 474 g/mol. The van der Waals surface area contributed by atoms with E-state index in [0.29, 0.717) is 27.4 Å². The van der Waals surface area contributed by atoms with Gasteiger partial charge in [0, 0.05) is 21.8 Å². The van der Waals surface area contributed by atoms with Gasteiger partial charge in [-0.25, -0.2) is 13.6 Å². The van der Waals surface area contributed by atoms with E-state index in [0.717, 1.165) is 5.56 Å². The normalized spacial score (nSPS) is 15.9. The zero-order valence-corrected chi connectivity index (χ0v) is 19.3. The molecule has 1 unspecified atom stereocenters. The highest BCUT2D eigenvalue weighted by molar-refractivity contribution is 6.30. The Bertz CT molecular complexity index is 1440. The van der Waals surface area contributed by atoms with Gasteiger partial charge in [-0.05, 0) is 42.8 Å². The van der Waals surface area contributed by atoms with Gasteiger partial charge in [0.15, 0.2) is 0 Å². The number of hydrogen-bond donors (Lipinski definition) is 1. The topological polar surface area (TPSA) is 71.3 Å². The molecule has 35 heavy (non-hydrogen) atoms. The molecule has 0 saturated carbocycles. The number of halogens is 3. The van der Waals surface area contributed by atoms with Crippen LogP contribution in [0.5, 0.6) is 0 Å². The predicted octanol–water partition coefficient (Wildman–Crippen LogP) is 6.37. The summed E-state index contributed by atoms with van der Waals surface area (Å²) < 4.78 is 33.7. The highest BCUT2D eigenvalue weighted by Crippen LogP contribution is 2.38. The Balaban J connectivity index is 1.61. The number of carbonyl (C=O) groups excluding carboxylic acids is 1. The number of urea groups is 1. The van der Waals surface area contributed by atoms with Crippen molar-refractivity contribution < 1.29 is 18.1 Å². The second-order valence-corrected chi connectivity index (χ2v) is 8.48. The van der Waals surface area contributed by atoms with Gasteiger partial charge in [0.25, 0.3) is 5.89 Å². The number of nitrogens with one attached hydrogen (secondary N) is 1. The van der Waals surface area contributed by atoms with E-state index in [-0.39, 0.29) is 18.3 Å². The quantitative estimate of drug-likeness (QED) is 0.351. The molecule has 2 amide bonds. The van der Waals surface area contributed by atoms with Gasteiger partial charge in [0.1, 0.15) is 11.6 Å². The largest absolute Gasteiger partial charge is 0.334 e. The molecule has 1 aliphatic heterocycles. The third-order valence-corrected chi connectivity index (χ3v) is 6.08. The molecule has 176 valence electrons. The maximum Gasteiger partial charge on any atom is 0.322 e. The molecule has 1 aromatic heterocycles. The Morgan fingerprint density at radius 2 is 1.83 bits per heavy atom.